The predicted octanol–water partition coefficient (Wildman–Crippen LogP) is 5.72. The van der Waals surface area contributed by atoms with Crippen molar-refractivity contribution in [2.45, 2.75) is 132 Å². The number of amides is 5. The molecule has 6 rings (SSSR count). The second-order valence-electron chi connectivity index (χ2n) is 16.4. The van der Waals surface area contributed by atoms with Gasteiger partial charge >= 0.3 is 12.0 Å². The molecule has 2 aromatic carbocycles. The number of carbonyl (C=O) groups excluding carboxylic acids is 5. The molecule has 1 aliphatic carbocycles. The summed E-state index contributed by atoms with van der Waals surface area (Å²) < 4.78 is 18.5. The molecule has 0 bridgehead atoms. The molecule has 342 valence electrons. The Hall–Kier alpha value is -5.03. The Morgan fingerprint density at radius 1 is 0.762 bits per heavy atom. The maximum atomic E-state index is 12.6. The normalized spacial score (nSPS) is 20.2. The van der Waals surface area contributed by atoms with Crippen LogP contribution in [0.3, 0.4) is 0 Å². The van der Waals surface area contributed by atoms with Crippen LogP contribution in [-0.4, -0.2) is 106 Å². The smallest absolute Gasteiger partial charge is 0.315 e. The zero-order valence-corrected chi connectivity index (χ0v) is 37.4. The third kappa shape index (κ3) is 16.6. The fourth-order valence-corrected chi connectivity index (χ4v) is 9.65. The van der Waals surface area contributed by atoms with Crippen LogP contribution in [0.15, 0.2) is 54.7 Å². The molecule has 0 unspecified atom stereocenters. The van der Waals surface area contributed by atoms with Crippen molar-refractivity contribution >= 4 is 53.1 Å². The monoisotopic (exact) mass is 908 g/mol. The molecule has 18 heteroatoms. The Morgan fingerprint density at radius 3 is 2.11 bits per heavy atom. The number of esters is 1. The zero-order valence-electron chi connectivity index (χ0n) is 35.8. The molecule has 2 aliphatic heterocycles. The molecule has 1 saturated carbocycles. The number of hydrogen-bond donors (Lipinski definition) is 5. The lowest BCUT2D eigenvalue weighted by Crippen LogP contribution is -2.45. The number of benzene rings is 2. The number of fused-ring (bicyclic) bond motifs is 1. The van der Waals surface area contributed by atoms with Crippen molar-refractivity contribution in [3.8, 4) is 22.8 Å². The van der Waals surface area contributed by atoms with Gasteiger partial charge in [-0.15, -0.1) is 5.10 Å². The summed E-state index contributed by atoms with van der Waals surface area (Å²) in [7, 11) is 0. The first-order valence-electron chi connectivity index (χ1n) is 22.4. The van der Waals surface area contributed by atoms with Crippen LogP contribution < -0.4 is 36.1 Å². The largest absolute Gasteiger partial charge is 0.484 e. The van der Waals surface area contributed by atoms with Gasteiger partial charge in [-0.1, -0.05) is 29.7 Å². The molecule has 3 aromatic rings. The number of carbonyl (C=O) groups is 5. The van der Waals surface area contributed by atoms with Crippen LogP contribution in [-0.2, 0) is 30.5 Å². The van der Waals surface area contributed by atoms with Gasteiger partial charge in [-0.2, -0.15) is 11.8 Å². The van der Waals surface area contributed by atoms with Gasteiger partial charge in [0.25, 0.3) is 11.8 Å². The standard InChI is InChI=1S/C45H61ClN8O8S/c46-32-14-22-36(23-15-32)62-29-42(57)49-34-18-16-33(17-19-34)48-41(56)28-61-35-20-12-31(13-21-35)37-27-54(53-52-37)25-7-1-3-11-43(58)60-26-8-2-6-24-47-40(55)10-5-4-9-39-44-38(30-63-39)50-45(59)51-44/h12-15,20-23,27,33-34,38-39,44H,1-11,16-19,24-26,28-30H2,(H,47,55)(H,48,56)(H,49,57)(H2,50,51,59)/t33?,34?,38-,39+,44-/m0/s1. The van der Waals surface area contributed by atoms with E-state index in [-0.39, 0.29) is 67.1 Å². The molecular weight excluding hydrogens is 848 g/mol. The summed E-state index contributed by atoms with van der Waals surface area (Å²) in [4.78, 5) is 60.8. The van der Waals surface area contributed by atoms with Crippen LogP contribution in [0.5, 0.6) is 11.5 Å². The van der Waals surface area contributed by atoms with Gasteiger partial charge in [0, 0.05) is 59.6 Å². The van der Waals surface area contributed by atoms with Crippen molar-refractivity contribution in [2.75, 3.05) is 32.1 Å². The minimum atomic E-state index is -0.190. The highest BCUT2D eigenvalue weighted by Gasteiger charge is 2.42. The Kier molecular flexibility index (Phi) is 19.1. The van der Waals surface area contributed by atoms with Gasteiger partial charge in [0.2, 0.25) is 5.91 Å². The van der Waals surface area contributed by atoms with Gasteiger partial charge in [-0.05, 0) is 119 Å². The van der Waals surface area contributed by atoms with Crippen LogP contribution in [0.2, 0.25) is 5.02 Å². The van der Waals surface area contributed by atoms with E-state index in [0.29, 0.717) is 54.3 Å². The number of nitrogens with zero attached hydrogens (tertiary/aromatic N) is 3. The van der Waals surface area contributed by atoms with Crippen LogP contribution in [0.4, 0.5) is 4.79 Å². The Bertz CT molecular complexity index is 1930. The summed E-state index contributed by atoms with van der Waals surface area (Å²) in [6.45, 7) is 1.54. The third-order valence-electron chi connectivity index (χ3n) is 11.5. The molecule has 3 fully saturated rings. The average molecular weight is 910 g/mol. The minimum absolute atomic E-state index is 0.0299. The highest BCUT2D eigenvalue weighted by Crippen LogP contribution is 2.33. The fourth-order valence-electron chi connectivity index (χ4n) is 7.98. The number of halogens is 1. The van der Waals surface area contributed by atoms with E-state index in [1.807, 2.05) is 30.1 Å². The molecule has 0 radical (unpaired) electrons. The summed E-state index contributed by atoms with van der Waals surface area (Å²) in [5.74, 6) is 1.63. The van der Waals surface area contributed by atoms with Gasteiger partial charge in [0.1, 0.15) is 17.2 Å². The van der Waals surface area contributed by atoms with Crippen LogP contribution in [0, 0.1) is 0 Å². The number of urea groups is 1. The van der Waals surface area contributed by atoms with Crippen molar-refractivity contribution in [3.05, 3.63) is 59.8 Å². The molecule has 3 aliphatic rings. The fraction of sp³-hybridized carbons (Fsp3) is 0.578. The highest BCUT2D eigenvalue weighted by atomic mass is 35.5. The molecule has 3 atom stereocenters. The first-order valence-corrected chi connectivity index (χ1v) is 23.8. The van der Waals surface area contributed by atoms with Crippen molar-refractivity contribution in [1.82, 2.24) is 41.6 Å². The van der Waals surface area contributed by atoms with Gasteiger partial charge in [0.15, 0.2) is 13.2 Å². The number of ether oxygens (including phenoxy) is 3. The Balaban J connectivity index is 0.725. The van der Waals surface area contributed by atoms with E-state index in [0.717, 1.165) is 100 Å². The van der Waals surface area contributed by atoms with E-state index in [9.17, 15) is 24.0 Å². The zero-order chi connectivity index (χ0) is 44.2. The van der Waals surface area contributed by atoms with Crippen LogP contribution >= 0.6 is 23.4 Å². The second kappa shape index (κ2) is 25.3. The van der Waals surface area contributed by atoms with E-state index in [2.05, 4.69) is 36.9 Å². The van der Waals surface area contributed by atoms with Crippen molar-refractivity contribution in [1.29, 1.82) is 0 Å². The lowest BCUT2D eigenvalue weighted by molar-refractivity contribution is -0.144. The number of nitrogens with one attached hydrogen (secondary N) is 5. The molecule has 5 amide bonds. The topological polar surface area (TPSA) is 204 Å². The summed E-state index contributed by atoms with van der Waals surface area (Å²) in [6.07, 6.45) is 13.6. The van der Waals surface area contributed by atoms with Gasteiger partial charge in [0.05, 0.1) is 24.9 Å². The minimum Gasteiger partial charge on any atom is -0.484 e. The molecule has 63 heavy (non-hydrogen) atoms. The highest BCUT2D eigenvalue weighted by molar-refractivity contribution is 8.00. The molecular formula is C45H61ClN8O8S. The SMILES string of the molecule is O=C(CCCC[C@H]1SC[C@@H]2NC(=O)N[C@@H]21)NCCCCCOC(=O)CCCCCn1cc(-c2ccc(OCC(=O)NC3CCC(NC(=O)COc4ccc(Cl)cc4)CC3)cc2)nn1. The van der Waals surface area contributed by atoms with Crippen LogP contribution in [0.1, 0.15) is 96.3 Å². The quantitative estimate of drug-likeness (QED) is 0.0375. The predicted molar refractivity (Wildman–Crippen MR) is 240 cm³/mol. The van der Waals surface area contributed by atoms with Crippen LogP contribution in [0.25, 0.3) is 11.3 Å². The summed E-state index contributed by atoms with van der Waals surface area (Å²) >= 11 is 7.79. The number of unbranched alkanes of at least 4 members (excludes halogenated alkanes) is 5. The third-order valence-corrected chi connectivity index (χ3v) is 13.2. The first-order chi connectivity index (χ1) is 30.7. The van der Waals surface area contributed by atoms with E-state index in [1.165, 1.54) is 0 Å². The van der Waals surface area contributed by atoms with Gasteiger partial charge in [-0.25, -0.2) is 4.79 Å². The second-order valence-corrected chi connectivity index (χ2v) is 18.1. The number of thioether (sulfide) groups is 1. The Labute approximate surface area is 378 Å². The Morgan fingerprint density at radius 2 is 1.41 bits per heavy atom. The van der Waals surface area contributed by atoms with E-state index < -0.39 is 0 Å². The molecule has 2 saturated heterocycles. The lowest BCUT2D eigenvalue weighted by atomic mass is 9.91. The van der Waals surface area contributed by atoms with E-state index >= 15 is 0 Å². The maximum absolute atomic E-state index is 12.6. The number of hydrogen-bond acceptors (Lipinski definition) is 11. The van der Waals surface area contributed by atoms with Crippen molar-refractivity contribution in [2.24, 2.45) is 0 Å². The van der Waals surface area contributed by atoms with Crippen molar-refractivity contribution in [3.63, 3.8) is 0 Å². The molecule has 5 N–H and O–H groups in total. The van der Waals surface area contributed by atoms with Crippen molar-refractivity contribution < 1.29 is 38.2 Å². The first kappa shape index (κ1) is 47.4. The summed E-state index contributed by atoms with van der Waals surface area (Å²) in [6, 6.07) is 14.7. The molecule has 3 heterocycles. The number of aromatic nitrogens is 3. The molecule has 1 aromatic heterocycles. The lowest BCUT2D eigenvalue weighted by Gasteiger charge is -2.29. The van der Waals surface area contributed by atoms with E-state index in [1.54, 1.807) is 41.1 Å². The molecule has 0 spiro atoms. The van der Waals surface area contributed by atoms with Gasteiger partial charge < -0.3 is 40.8 Å². The summed E-state index contributed by atoms with van der Waals surface area (Å²) in [5, 5.41) is 24.6. The van der Waals surface area contributed by atoms with Gasteiger partial charge in [-0.3, -0.25) is 23.9 Å². The van der Waals surface area contributed by atoms with E-state index in [4.69, 9.17) is 25.8 Å². The summed E-state index contributed by atoms with van der Waals surface area (Å²) in [5.41, 5.74) is 1.61. The maximum Gasteiger partial charge on any atom is 0.315 e. The number of rotatable bonds is 26. The molecule has 16 nitrogen and oxygen atoms in total. The number of aryl methyl sites for hydroxylation is 1. The average Bonchev–Trinajstić information content (AvgIpc) is 4.01.